The fourth-order valence-electron chi connectivity index (χ4n) is 11.2. The monoisotopic (exact) mass is 741 g/mol. The van der Waals surface area contributed by atoms with Gasteiger partial charge in [-0.25, -0.2) is 4.98 Å². The number of fused-ring (bicyclic) bond motifs is 17. The van der Waals surface area contributed by atoms with Crippen molar-refractivity contribution >= 4 is 49.3 Å². The Morgan fingerprint density at radius 1 is 0.534 bits per heavy atom. The second-order valence-corrected chi connectivity index (χ2v) is 16.0. The molecule has 5 aromatic carbocycles. The molecule has 5 heteroatoms. The van der Waals surface area contributed by atoms with E-state index < -0.39 is 0 Å². The van der Waals surface area contributed by atoms with E-state index in [0.29, 0.717) is 5.92 Å². The molecule has 5 aromatic heterocycles. The van der Waals surface area contributed by atoms with Gasteiger partial charge in [-0.1, -0.05) is 97.9 Å². The lowest BCUT2D eigenvalue weighted by molar-refractivity contribution is 0.407. The summed E-state index contributed by atoms with van der Waals surface area (Å²) in [6.07, 6.45) is 16.8. The van der Waals surface area contributed by atoms with E-state index in [1.807, 2.05) is 30.9 Å². The molecule has 1 spiro atoms. The van der Waals surface area contributed by atoms with Crippen LogP contribution in [0.15, 0.2) is 183 Å². The molecular weight excluding hydrogens is 707 g/mol. The second-order valence-electron chi connectivity index (χ2n) is 16.0. The summed E-state index contributed by atoms with van der Waals surface area (Å²) in [6, 6.07) is 49.1. The molecule has 0 N–H and O–H groups in total. The summed E-state index contributed by atoms with van der Waals surface area (Å²) in [7, 11) is 0. The summed E-state index contributed by atoms with van der Waals surface area (Å²) in [5.41, 5.74) is 18.1. The van der Waals surface area contributed by atoms with Crippen LogP contribution in [0, 0.1) is 11.8 Å². The predicted molar refractivity (Wildman–Crippen MR) is 235 cm³/mol. The summed E-state index contributed by atoms with van der Waals surface area (Å²) in [6.45, 7) is 2.40. The third-order valence-electron chi connectivity index (χ3n) is 13.4. The zero-order valence-electron chi connectivity index (χ0n) is 31.7. The smallest absolute Gasteiger partial charge is 0.145 e. The van der Waals surface area contributed by atoms with Crippen LogP contribution in [-0.4, -0.2) is 24.1 Å². The van der Waals surface area contributed by atoms with E-state index in [4.69, 9.17) is 9.97 Å². The predicted octanol–water partition coefficient (Wildman–Crippen LogP) is 12.3. The summed E-state index contributed by atoms with van der Waals surface area (Å²) in [5.74, 6) is 0.590. The van der Waals surface area contributed by atoms with Crippen molar-refractivity contribution in [3.63, 3.8) is 0 Å². The Morgan fingerprint density at radius 2 is 1.28 bits per heavy atom. The van der Waals surface area contributed by atoms with Crippen LogP contribution in [-0.2, 0) is 5.41 Å². The van der Waals surface area contributed by atoms with Crippen molar-refractivity contribution in [1.82, 2.24) is 24.1 Å². The fourth-order valence-corrected chi connectivity index (χ4v) is 11.2. The molecule has 0 fully saturated rings. The molecule has 0 bridgehead atoms. The number of rotatable bonds is 3. The van der Waals surface area contributed by atoms with Crippen LogP contribution in [0.4, 0.5) is 0 Å². The quantitative estimate of drug-likeness (QED) is 0.181. The van der Waals surface area contributed by atoms with Gasteiger partial charge in [0.2, 0.25) is 0 Å². The zero-order chi connectivity index (χ0) is 38.1. The third-order valence-corrected chi connectivity index (χ3v) is 13.4. The van der Waals surface area contributed by atoms with Crippen molar-refractivity contribution in [3.8, 4) is 33.6 Å². The highest BCUT2D eigenvalue weighted by Crippen LogP contribution is 2.67. The van der Waals surface area contributed by atoms with Crippen LogP contribution in [0.2, 0.25) is 0 Å². The largest absolute Gasteiger partial charge is 0.309 e. The highest BCUT2D eigenvalue weighted by molar-refractivity contribution is 6.15. The number of pyridine rings is 3. The van der Waals surface area contributed by atoms with Crippen molar-refractivity contribution in [2.75, 3.05) is 0 Å². The van der Waals surface area contributed by atoms with Crippen LogP contribution in [0.5, 0.6) is 0 Å². The van der Waals surface area contributed by atoms with E-state index in [1.54, 1.807) is 0 Å². The molecule has 3 aliphatic rings. The third kappa shape index (κ3) is 3.97. The molecular formula is C53H35N5. The lowest BCUT2D eigenvalue weighted by Crippen LogP contribution is -2.36. The van der Waals surface area contributed by atoms with E-state index in [2.05, 4.69) is 173 Å². The molecule has 0 saturated carbocycles. The van der Waals surface area contributed by atoms with Crippen molar-refractivity contribution in [2.45, 2.75) is 12.3 Å². The molecule has 13 rings (SSSR count). The molecule has 3 aliphatic carbocycles. The molecule has 0 saturated heterocycles. The van der Waals surface area contributed by atoms with Gasteiger partial charge in [0.15, 0.2) is 0 Å². The van der Waals surface area contributed by atoms with Gasteiger partial charge in [0, 0.05) is 63.6 Å². The van der Waals surface area contributed by atoms with Crippen LogP contribution >= 0.6 is 0 Å². The number of hydrogen-bond donors (Lipinski definition) is 0. The molecule has 5 heterocycles. The Morgan fingerprint density at radius 3 is 2.14 bits per heavy atom. The van der Waals surface area contributed by atoms with Crippen molar-refractivity contribution in [1.29, 1.82) is 0 Å². The first-order valence-electron chi connectivity index (χ1n) is 20.1. The first-order valence-corrected chi connectivity index (χ1v) is 20.1. The zero-order valence-corrected chi connectivity index (χ0v) is 31.7. The minimum Gasteiger partial charge on any atom is -0.309 e. The van der Waals surface area contributed by atoms with Gasteiger partial charge in [0.25, 0.3) is 0 Å². The van der Waals surface area contributed by atoms with E-state index in [-0.39, 0.29) is 11.3 Å². The Hall–Kier alpha value is -7.37. The number of para-hydroxylation sites is 1. The normalized spacial score (nSPS) is 18.9. The average Bonchev–Trinajstić information content (AvgIpc) is 3.99. The summed E-state index contributed by atoms with van der Waals surface area (Å²) < 4.78 is 4.67. The van der Waals surface area contributed by atoms with E-state index in [0.717, 1.165) is 38.9 Å². The Labute approximate surface area is 334 Å². The lowest BCUT2D eigenvalue weighted by atomic mass is 9.62. The second kappa shape index (κ2) is 11.6. The Kier molecular flexibility index (Phi) is 6.35. The van der Waals surface area contributed by atoms with Crippen LogP contribution < -0.4 is 0 Å². The molecule has 3 atom stereocenters. The molecule has 58 heavy (non-hydrogen) atoms. The van der Waals surface area contributed by atoms with E-state index in [9.17, 15) is 0 Å². The van der Waals surface area contributed by atoms with Crippen molar-refractivity contribution in [3.05, 3.63) is 205 Å². The SMILES string of the molecule is CC1C=CC=C2c3ccccc3C3(c4cnccc4-c4ccc5c(c43)c3ccccc3n5-c3ccc(-c4ccc(-n5c6cnccc6c6cccnc65)cc4)cc3)C21. The molecule has 0 aliphatic heterocycles. The maximum absolute atomic E-state index is 4.81. The van der Waals surface area contributed by atoms with Crippen LogP contribution in [0.1, 0.15) is 29.2 Å². The van der Waals surface area contributed by atoms with E-state index in [1.165, 1.54) is 66.3 Å². The first-order chi connectivity index (χ1) is 28.7. The molecule has 5 nitrogen and oxygen atoms in total. The molecule has 0 amide bonds. The van der Waals surface area contributed by atoms with Gasteiger partial charge in [-0.05, 0) is 117 Å². The average molecular weight is 742 g/mol. The number of aromatic nitrogens is 5. The molecule has 0 radical (unpaired) electrons. The molecule has 272 valence electrons. The highest BCUT2D eigenvalue weighted by Gasteiger charge is 2.58. The molecule has 10 aromatic rings. The first kappa shape index (κ1) is 31.8. The standard InChI is InChI=1S/C53H35N5/c1-32-8-6-11-40-37-9-2-4-13-44(37)53(50(32)40)45-30-54-28-25-38(45)41-23-24-47-49(51(41)53)43-10-3-5-14-46(43)57(47)35-19-15-33(16-20-35)34-17-21-36(22-18-34)58-48-31-55-29-26-39(48)42-12-7-27-56-52(42)58/h2-32,50H,1H3. The number of allylic oxidation sites excluding steroid dienone is 4. The van der Waals surface area contributed by atoms with Crippen LogP contribution in [0.3, 0.4) is 0 Å². The maximum Gasteiger partial charge on any atom is 0.145 e. The van der Waals surface area contributed by atoms with Gasteiger partial charge in [-0.2, -0.15) is 0 Å². The summed E-state index contributed by atoms with van der Waals surface area (Å²) in [5, 5.41) is 4.89. The number of nitrogens with zero attached hydrogens (tertiary/aromatic N) is 5. The van der Waals surface area contributed by atoms with Gasteiger partial charge < -0.3 is 4.57 Å². The summed E-state index contributed by atoms with van der Waals surface area (Å²) in [4.78, 5) is 14.0. The molecule has 3 unspecified atom stereocenters. The summed E-state index contributed by atoms with van der Waals surface area (Å²) >= 11 is 0. The number of hydrogen-bond acceptors (Lipinski definition) is 3. The van der Waals surface area contributed by atoms with Crippen molar-refractivity contribution < 1.29 is 0 Å². The van der Waals surface area contributed by atoms with Gasteiger partial charge in [-0.15, -0.1) is 0 Å². The van der Waals surface area contributed by atoms with Gasteiger partial charge in [-0.3, -0.25) is 14.5 Å². The minimum absolute atomic E-state index is 0.250. The van der Waals surface area contributed by atoms with Gasteiger partial charge in [0.1, 0.15) is 5.65 Å². The van der Waals surface area contributed by atoms with Crippen molar-refractivity contribution in [2.24, 2.45) is 11.8 Å². The maximum atomic E-state index is 4.81. The van der Waals surface area contributed by atoms with Gasteiger partial charge >= 0.3 is 0 Å². The van der Waals surface area contributed by atoms with E-state index >= 15 is 0 Å². The highest BCUT2D eigenvalue weighted by atomic mass is 15.0. The Bertz CT molecular complexity index is 3360. The Balaban J connectivity index is 0.976. The number of benzene rings is 5. The van der Waals surface area contributed by atoms with Crippen LogP contribution in [0.25, 0.3) is 82.9 Å². The van der Waals surface area contributed by atoms with Gasteiger partial charge in [0.05, 0.1) is 28.2 Å². The fraction of sp³-hybridized carbons (Fsp3) is 0.0755. The lowest BCUT2D eigenvalue weighted by Gasteiger charge is -2.39. The minimum atomic E-state index is -0.373. The topological polar surface area (TPSA) is 48.5 Å².